The van der Waals surface area contributed by atoms with E-state index >= 15 is 0 Å². The highest BCUT2D eigenvalue weighted by molar-refractivity contribution is 5.93. The lowest BCUT2D eigenvalue weighted by Gasteiger charge is -2.39. The maximum absolute atomic E-state index is 12.8. The summed E-state index contributed by atoms with van der Waals surface area (Å²) in [7, 11) is 5.68. The zero-order valence-corrected chi connectivity index (χ0v) is 17.3. The molecule has 7 heteroatoms. The number of nitrogens with zero attached hydrogens (tertiary/aromatic N) is 2. The molecule has 0 bridgehead atoms. The Hall–Kier alpha value is -2.64. The van der Waals surface area contributed by atoms with Crippen molar-refractivity contribution in [2.24, 2.45) is 5.41 Å². The number of amides is 1. The molecular weight excluding hydrogens is 370 g/mol. The summed E-state index contributed by atoms with van der Waals surface area (Å²) in [4.78, 5) is 27.3. The topological polar surface area (TPSA) is 72.8 Å². The maximum atomic E-state index is 12.8. The fraction of sp³-hybridized carbons (Fsp3) is 0.455. The number of carbonyl (C=O) groups is 1. The molecule has 0 saturated carbocycles. The number of pyridine rings is 1. The van der Waals surface area contributed by atoms with Gasteiger partial charge in [0.25, 0.3) is 11.5 Å². The zero-order valence-electron chi connectivity index (χ0n) is 17.3. The van der Waals surface area contributed by atoms with Crippen molar-refractivity contribution in [1.29, 1.82) is 0 Å². The van der Waals surface area contributed by atoms with E-state index in [1.54, 1.807) is 43.6 Å². The quantitative estimate of drug-likeness (QED) is 0.770. The molecule has 0 spiro atoms. The van der Waals surface area contributed by atoms with Crippen LogP contribution in [-0.2, 0) is 4.74 Å². The first-order valence-electron chi connectivity index (χ1n) is 9.80. The minimum atomic E-state index is -0.194. The van der Waals surface area contributed by atoms with Gasteiger partial charge in [0.15, 0.2) is 0 Å². The highest BCUT2D eigenvalue weighted by atomic mass is 16.5. The van der Waals surface area contributed by atoms with Crippen molar-refractivity contribution < 1.29 is 14.3 Å². The minimum absolute atomic E-state index is 0.00183. The third kappa shape index (κ3) is 5.25. The largest absolute Gasteiger partial charge is 0.497 e. The molecule has 2 aromatic rings. The minimum Gasteiger partial charge on any atom is -0.497 e. The van der Waals surface area contributed by atoms with E-state index in [2.05, 4.69) is 10.2 Å². The molecule has 3 rings (SSSR count). The van der Waals surface area contributed by atoms with Crippen LogP contribution in [-0.4, -0.2) is 62.9 Å². The molecule has 1 aromatic heterocycles. The van der Waals surface area contributed by atoms with Gasteiger partial charge in [-0.15, -0.1) is 0 Å². The molecule has 156 valence electrons. The standard InChI is InChI=1S/C22H29N3O4/c1-24(2)16-22(10-12-29-13-11-22)15-23-21(27)17-4-9-20(26)25(14-17)18-5-7-19(28-3)8-6-18/h4-9,14H,10-13,15-16H2,1-3H3,(H,23,27). The van der Waals surface area contributed by atoms with Crippen molar-refractivity contribution in [3.8, 4) is 11.4 Å². The molecule has 0 atom stereocenters. The molecule has 1 amide bonds. The van der Waals surface area contributed by atoms with Crippen molar-refractivity contribution in [3.63, 3.8) is 0 Å². The summed E-state index contributed by atoms with van der Waals surface area (Å²) in [5, 5.41) is 3.07. The van der Waals surface area contributed by atoms with Gasteiger partial charge in [-0.3, -0.25) is 14.2 Å². The average Bonchev–Trinajstić information content (AvgIpc) is 2.73. The van der Waals surface area contributed by atoms with Gasteiger partial charge in [-0.25, -0.2) is 0 Å². The number of aromatic nitrogens is 1. The summed E-state index contributed by atoms with van der Waals surface area (Å²) in [6.45, 7) is 2.90. The van der Waals surface area contributed by atoms with Crippen molar-refractivity contribution in [2.75, 3.05) is 47.5 Å². The Morgan fingerprint density at radius 1 is 1.17 bits per heavy atom. The smallest absolute Gasteiger partial charge is 0.255 e. The van der Waals surface area contributed by atoms with Crippen LogP contribution in [0.25, 0.3) is 5.69 Å². The van der Waals surface area contributed by atoms with Gasteiger partial charge >= 0.3 is 0 Å². The van der Waals surface area contributed by atoms with E-state index in [4.69, 9.17) is 9.47 Å². The summed E-state index contributed by atoms with van der Waals surface area (Å²) in [5.74, 6) is 0.523. The fourth-order valence-corrected chi connectivity index (χ4v) is 3.80. The van der Waals surface area contributed by atoms with E-state index in [1.807, 2.05) is 14.1 Å². The maximum Gasteiger partial charge on any atom is 0.255 e. The number of nitrogens with one attached hydrogen (secondary N) is 1. The molecule has 7 nitrogen and oxygen atoms in total. The first-order valence-corrected chi connectivity index (χ1v) is 9.80. The van der Waals surface area contributed by atoms with Gasteiger partial charge in [0.05, 0.1) is 12.7 Å². The van der Waals surface area contributed by atoms with Crippen molar-refractivity contribution >= 4 is 5.91 Å². The second-order valence-corrected chi connectivity index (χ2v) is 7.86. The Morgan fingerprint density at radius 3 is 2.48 bits per heavy atom. The van der Waals surface area contributed by atoms with Crippen LogP contribution in [0.3, 0.4) is 0 Å². The lowest BCUT2D eigenvalue weighted by molar-refractivity contribution is 0.00285. The lowest BCUT2D eigenvalue weighted by Crippen LogP contribution is -2.47. The molecule has 1 N–H and O–H groups in total. The van der Waals surface area contributed by atoms with Gasteiger partial charge < -0.3 is 19.7 Å². The first-order chi connectivity index (χ1) is 13.9. The van der Waals surface area contributed by atoms with Gasteiger partial charge in [0, 0.05) is 49.7 Å². The summed E-state index contributed by atoms with van der Waals surface area (Å²) in [5.41, 5.74) is 0.939. The molecule has 0 aliphatic carbocycles. The molecule has 1 aromatic carbocycles. The number of methoxy groups -OCH3 is 1. The van der Waals surface area contributed by atoms with E-state index in [9.17, 15) is 9.59 Å². The Labute approximate surface area is 171 Å². The molecule has 1 aliphatic heterocycles. The lowest BCUT2D eigenvalue weighted by atomic mass is 9.79. The van der Waals surface area contributed by atoms with Crippen LogP contribution in [0.1, 0.15) is 23.2 Å². The van der Waals surface area contributed by atoms with Crippen molar-refractivity contribution in [1.82, 2.24) is 14.8 Å². The summed E-state index contributed by atoms with van der Waals surface area (Å²) in [6, 6.07) is 10.1. The number of carbonyl (C=O) groups excluding carboxylic acids is 1. The van der Waals surface area contributed by atoms with Crippen LogP contribution in [0.2, 0.25) is 0 Å². The van der Waals surface area contributed by atoms with Crippen LogP contribution in [0.4, 0.5) is 0 Å². The van der Waals surface area contributed by atoms with E-state index in [0.29, 0.717) is 36.8 Å². The highest BCUT2D eigenvalue weighted by Gasteiger charge is 2.33. The summed E-state index contributed by atoms with van der Waals surface area (Å²) >= 11 is 0. The van der Waals surface area contributed by atoms with Gasteiger partial charge in [-0.05, 0) is 57.3 Å². The molecule has 2 heterocycles. The third-order valence-corrected chi connectivity index (χ3v) is 5.35. The summed E-state index contributed by atoms with van der Waals surface area (Å²) < 4.78 is 12.1. The van der Waals surface area contributed by atoms with E-state index in [-0.39, 0.29) is 16.9 Å². The van der Waals surface area contributed by atoms with Gasteiger partial charge in [0.2, 0.25) is 0 Å². The Bertz CT molecular complexity index is 884. The zero-order chi connectivity index (χ0) is 20.9. The SMILES string of the molecule is COc1ccc(-n2cc(C(=O)NCC3(CN(C)C)CCOCC3)ccc2=O)cc1. The van der Waals surface area contributed by atoms with Crippen LogP contribution in [0.15, 0.2) is 47.4 Å². The van der Waals surface area contributed by atoms with Gasteiger partial charge in [-0.2, -0.15) is 0 Å². The number of hydrogen-bond acceptors (Lipinski definition) is 5. The van der Waals surface area contributed by atoms with Crippen molar-refractivity contribution in [2.45, 2.75) is 12.8 Å². The van der Waals surface area contributed by atoms with E-state index in [0.717, 1.165) is 19.4 Å². The molecule has 1 fully saturated rings. The number of hydrogen-bond donors (Lipinski definition) is 1. The fourth-order valence-electron chi connectivity index (χ4n) is 3.80. The Kier molecular flexibility index (Phi) is 6.71. The van der Waals surface area contributed by atoms with Crippen LogP contribution >= 0.6 is 0 Å². The average molecular weight is 399 g/mol. The molecule has 1 saturated heterocycles. The highest BCUT2D eigenvalue weighted by Crippen LogP contribution is 2.30. The van der Waals surface area contributed by atoms with Crippen LogP contribution in [0.5, 0.6) is 5.75 Å². The second kappa shape index (κ2) is 9.24. The third-order valence-electron chi connectivity index (χ3n) is 5.35. The van der Waals surface area contributed by atoms with E-state index in [1.165, 1.54) is 10.6 Å². The second-order valence-electron chi connectivity index (χ2n) is 7.86. The normalized spacial score (nSPS) is 15.9. The van der Waals surface area contributed by atoms with Gasteiger partial charge in [-0.1, -0.05) is 0 Å². The van der Waals surface area contributed by atoms with Crippen LogP contribution in [0, 0.1) is 5.41 Å². The van der Waals surface area contributed by atoms with Crippen molar-refractivity contribution in [3.05, 3.63) is 58.5 Å². The van der Waals surface area contributed by atoms with Gasteiger partial charge in [0.1, 0.15) is 5.75 Å². The number of ether oxygens (including phenoxy) is 2. The number of rotatable bonds is 7. The monoisotopic (exact) mass is 399 g/mol. The molecule has 0 unspecified atom stereocenters. The Balaban J connectivity index is 1.76. The molecule has 0 radical (unpaired) electrons. The predicted molar refractivity (Wildman–Crippen MR) is 112 cm³/mol. The first kappa shape index (κ1) is 21.1. The molecule has 1 aliphatic rings. The molecule has 29 heavy (non-hydrogen) atoms. The molecular formula is C22H29N3O4. The Morgan fingerprint density at radius 2 is 1.86 bits per heavy atom. The number of benzene rings is 1. The predicted octanol–water partition coefficient (Wildman–Crippen LogP) is 1.93. The van der Waals surface area contributed by atoms with E-state index < -0.39 is 0 Å². The van der Waals surface area contributed by atoms with Crippen LogP contribution < -0.4 is 15.6 Å². The summed E-state index contributed by atoms with van der Waals surface area (Å²) in [6.07, 6.45) is 3.41.